The molecule has 3 nitrogen and oxygen atoms in total. The predicted molar refractivity (Wildman–Crippen MR) is 80.5 cm³/mol. The van der Waals surface area contributed by atoms with E-state index in [2.05, 4.69) is 24.1 Å². The monoisotopic (exact) mass is 268 g/mol. The van der Waals surface area contributed by atoms with Gasteiger partial charge in [0.25, 0.3) is 0 Å². The molecule has 2 fully saturated rings. The molecule has 1 heterocycles. The fourth-order valence-corrected chi connectivity index (χ4v) is 3.05. The zero-order valence-corrected chi connectivity index (χ0v) is 12.9. The van der Waals surface area contributed by atoms with Gasteiger partial charge in [-0.2, -0.15) is 0 Å². The summed E-state index contributed by atoms with van der Waals surface area (Å²) >= 11 is 0. The summed E-state index contributed by atoms with van der Waals surface area (Å²) in [5.41, 5.74) is 0. The van der Waals surface area contributed by atoms with Crippen LogP contribution in [0.2, 0.25) is 0 Å². The van der Waals surface area contributed by atoms with Gasteiger partial charge in [-0.15, -0.1) is 0 Å². The summed E-state index contributed by atoms with van der Waals surface area (Å²) in [5, 5.41) is 3.65. The number of hydrogen-bond donors (Lipinski definition) is 1. The highest BCUT2D eigenvalue weighted by molar-refractivity contribution is 4.79. The van der Waals surface area contributed by atoms with Crippen molar-refractivity contribution in [2.24, 2.45) is 11.8 Å². The molecule has 1 saturated heterocycles. The molecule has 19 heavy (non-hydrogen) atoms. The topological polar surface area (TPSA) is 24.5 Å². The minimum atomic E-state index is 0.647. The van der Waals surface area contributed by atoms with E-state index in [1.165, 1.54) is 51.7 Å². The highest BCUT2D eigenvalue weighted by Crippen LogP contribution is 2.28. The third-order valence-corrected chi connectivity index (χ3v) is 4.64. The molecule has 1 atom stereocenters. The minimum Gasteiger partial charge on any atom is -0.380 e. The molecule has 2 aliphatic rings. The molecular formula is C16H32N2O. The molecular weight excluding hydrogens is 236 g/mol. The Bertz CT molecular complexity index is 235. The van der Waals surface area contributed by atoms with Crippen LogP contribution in [0.1, 0.15) is 46.0 Å². The Morgan fingerprint density at radius 1 is 1.21 bits per heavy atom. The Morgan fingerprint density at radius 2 is 1.95 bits per heavy atom. The largest absolute Gasteiger partial charge is 0.380 e. The van der Waals surface area contributed by atoms with E-state index in [-0.39, 0.29) is 0 Å². The van der Waals surface area contributed by atoms with Crippen LogP contribution in [0.3, 0.4) is 0 Å². The molecule has 0 radical (unpaired) electrons. The van der Waals surface area contributed by atoms with E-state index in [0.717, 1.165) is 31.6 Å². The van der Waals surface area contributed by atoms with E-state index in [1.54, 1.807) is 0 Å². The van der Waals surface area contributed by atoms with Crippen LogP contribution in [-0.2, 0) is 4.74 Å². The predicted octanol–water partition coefficient (Wildman–Crippen LogP) is 2.51. The van der Waals surface area contributed by atoms with Gasteiger partial charge in [0.2, 0.25) is 0 Å². The number of likely N-dealkylation sites (tertiary alicyclic amines) is 1. The highest BCUT2D eigenvalue weighted by atomic mass is 16.5. The number of hydrogen-bond acceptors (Lipinski definition) is 3. The summed E-state index contributed by atoms with van der Waals surface area (Å²) in [6.07, 6.45) is 6.78. The van der Waals surface area contributed by atoms with E-state index in [4.69, 9.17) is 4.74 Å². The molecule has 1 aliphatic carbocycles. The smallest absolute Gasteiger partial charge is 0.0591 e. The Morgan fingerprint density at radius 3 is 2.58 bits per heavy atom. The van der Waals surface area contributed by atoms with Crippen molar-refractivity contribution in [3.63, 3.8) is 0 Å². The van der Waals surface area contributed by atoms with Gasteiger partial charge in [-0.25, -0.2) is 0 Å². The molecule has 0 amide bonds. The van der Waals surface area contributed by atoms with Gasteiger partial charge in [0.1, 0.15) is 0 Å². The molecule has 1 aliphatic heterocycles. The van der Waals surface area contributed by atoms with Gasteiger partial charge in [-0.05, 0) is 70.5 Å². The third-order valence-electron chi connectivity index (χ3n) is 4.64. The summed E-state index contributed by atoms with van der Waals surface area (Å²) in [6, 6.07) is 0.647. The van der Waals surface area contributed by atoms with Crippen molar-refractivity contribution in [3.8, 4) is 0 Å². The van der Waals surface area contributed by atoms with E-state index < -0.39 is 0 Å². The lowest BCUT2D eigenvalue weighted by molar-refractivity contribution is 0.117. The van der Waals surface area contributed by atoms with Crippen LogP contribution in [0.25, 0.3) is 0 Å². The lowest BCUT2D eigenvalue weighted by Gasteiger charge is -2.35. The number of nitrogens with one attached hydrogen (secondary N) is 1. The first-order valence-corrected chi connectivity index (χ1v) is 8.33. The van der Waals surface area contributed by atoms with E-state index in [1.807, 2.05) is 0 Å². The van der Waals surface area contributed by atoms with Gasteiger partial charge < -0.3 is 15.0 Å². The Labute approximate surface area is 119 Å². The standard InChI is InChI=1S/C16H32N2O/c1-3-9-18-10-6-16(7-11-18)14(2)17-8-12-19-13-15-4-5-15/h14-17H,3-13H2,1-2H3. The first-order chi connectivity index (χ1) is 9.29. The molecule has 0 spiro atoms. The van der Waals surface area contributed by atoms with Gasteiger partial charge >= 0.3 is 0 Å². The fraction of sp³-hybridized carbons (Fsp3) is 1.00. The van der Waals surface area contributed by atoms with Gasteiger partial charge in [0, 0.05) is 19.2 Å². The highest BCUT2D eigenvalue weighted by Gasteiger charge is 2.23. The van der Waals surface area contributed by atoms with E-state index in [9.17, 15) is 0 Å². The van der Waals surface area contributed by atoms with Gasteiger partial charge in [0.05, 0.1) is 6.61 Å². The average molecular weight is 268 g/mol. The third kappa shape index (κ3) is 5.80. The molecule has 0 bridgehead atoms. The summed E-state index contributed by atoms with van der Waals surface area (Å²) < 4.78 is 5.67. The van der Waals surface area contributed by atoms with Gasteiger partial charge in [-0.1, -0.05) is 6.92 Å². The van der Waals surface area contributed by atoms with Crippen LogP contribution < -0.4 is 5.32 Å². The Balaban J connectivity index is 1.49. The van der Waals surface area contributed by atoms with Crippen LogP contribution in [-0.4, -0.2) is 50.3 Å². The summed E-state index contributed by atoms with van der Waals surface area (Å²) in [5.74, 6) is 1.75. The fourth-order valence-electron chi connectivity index (χ4n) is 3.05. The molecule has 0 aromatic heterocycles. The summed E-state index contributed by atoms with van der Waals surface area (Å²) in [6.45, 7) is 11.4. The molecule has 1 unspecified atom stereocenters. The quantitative estimate of drug-likeness (QED) is 0.650. The molecule has 3 heteroatoms. The number of nitrogens with zero attached hydrogens (tertiary/aromatic N) is 1. The second-order valence-corrected chi connectivity index (χ2v) is 6.44. The molecule has 1 saturated carbocycles. The van der Waals surface area contributed by atoms with Crippen LogP contribution in [0.5, 0.6) is 0 Å². The number of rotatable bonds is 9. The molecule has 2 rings (SSSR count). The molecule has 1 N–H and O–H groups in total. The molecule has 112 valence electrons. The Kier molecular flexibility index (Phi) is 6.62. The van der Waals surface area contributed by atoms with Crippen molar-refractivity contribution < 1.29 is 4.74 Å². The van der Waals surface area contributed by atoms with Crippen molar-refractivity contribution in [1.82, 2.24) is 10.2 Å². The van der Waals surface area contributed by atoms with Crippen LogP contribution in [0.4, 0.5) is 0 Å². The van der Waals surface area contributed by atoms with E-state index >= 15 is 0 Å². The zero-order valence-electron chi connectivity index (χ0n) is 12.9. The first-order valence-electron chi connectivity index (χ1n) is 8.33. The maximum atomic E-state index is 5.67. The van der Waals surface area contributed by atoms with Crippen molar-refractivity contribution in [2.75, 3.05) is 39.4 Å². The summed E-state index contributed by atoms with van der Waals surface area (Å²) in [4.78, 5) is 2.61. The molecule has 0 aromatic rings. The van der Waals surface area contributed by atoms with Crippen molar-refractivity contribution >= 4 is 0 Å². The van der Waals surface area contributed by atoms with Crippen LogP contribution >= 0.6 is 0 Å². The number of piperidine rings is 1. The maximum Gasteiger partial charge on any atom is 0.0591 e. The van der Waals surface area contributed by atoms with Gasteiger partial charge in [0.15, 0.2) is 0 Å². The molecule has 0 aromatic carbocycles. The van der Waals surface area contributed by atoms with Crippen molar-refractivity contribution in [1.29, 1.82) is 0 Å². The SMILES string of the molecule is CCCN1CCC(C(C)NCCOCC2CC2)CC1. The Hall–Kier alpha value is -0.120. The van der Waals surface area contributed by atoms with Crippen LogP contribution in [0, 0.1) is 11.8 Å². The lowest BCUT2D eigenvalue weighted by Crippen LogP contribution is -2.43. The van der Waals surface area contributed by atoms with Crippen LogP contribution in [0.15, 0.2) is 0 Å². The van der Waals surface area contributed by atoms with Gasteiger partial charge in [-0.3, -0.25) is 0 Å². The maximum absolute atomic E-state index is 5.67. The second kappa shape index (κ2) is 8.23. The normalized spacial score (nSPS) is 23.7. The van der Waals surface area contributed by atoms with Crippen molar-refractivity contribution in [3.05, 3.63) is 0 Å². The average Bonchev–Trinajstić information content (AvgIpc) is 3.23. The number of ether oxygens (including phenoxy) is 1. The summed E-state index contributed by atoms with van der Waals surface area (Å²) in [7, 11) is 0. The van der Waals surface area contributed by atoms with Crippen molar-refractivity contribution in [2.45, 2.75) is 52.0 Å². The minimum absolute atomic E-state index is 0.647. The first kappa shape index (κ1) is 15.3. The second-order valence-electron chi connectivity index (χ2n) is 6.44. The zero-order chi connectivity index (χ0) is 13.5. The van der Waals surface area contributed by atoms with E-state index in [0.29, 0.717) is 6.04 Å². The lowest BCUT2D eigenvalue weighted by atomic mass is 9.90.